The maximum Gasteiger partial charge on any atom is 0.516 e. The van der Waals surface area contributed by atoms with E-state index in [1.165, 1.54) is 6.08 Å². The van der Waals surface area contributed by atoms with Gasteiger partial charge in [0.15, 0.2) is 0 Å². The highest BCUT2D eigenvalue weighted by Gasteiger charge is 2.62. The maximum absolute atomic E-state index is 11.8. The van der Waals surface area contributed by atoms with Gasteiger partial charge < -0.3 is 24.3 Å². The van der Waals surface area contributed by atoms with Gasteiger partial charge in [0.05, 0.1) is 5.04 Å². The fourth-order valence-electron chi connectivity index (χ4n) is 4.14. The van der Waals surface area contributed by atoms with Gasteiger partial charge in [-0.25, -0.2) is 0 Å². The van der Waals surface area contributed by atoms with Crippen molar-refractivity contribution in [1.82, 2.24) is 0 Å². The molecule has 1 amide bonds. The first-order valence-corrected chi connectivity index (χ1v) is 14.0. The topological polar surface area (TPSA) is 82.8 Å². The van der Waals surface area contributed by atoms with Crippen LogP contribution in [-0.4, -0.2) is 41.1 Å². The van der Waals surface area contributed by atoms with Gasteiger partial charge in [-0.3, -0.25) is 4.79 Å². The lowest BCUT2D eigenvalue weighted by molar-refractivity contribution is -0.111. The summed E-state index contributed by atoms with van der Waals surface area (Å²) in [5, 5.41) is 2.11. The van der Waals surface area contributed by atoms with Crippen molar-refractivity contribution in [3.63, 3.8) is 0 Å². The van der Waals surface area contributed by atoms with Crippen molar-refractivity contribution in [2.24, 2.45) is 5.73 Å². The molecular formula is C27H41BrN2O4Si. The monoisotopic (exact) mass is 564 g/mol. The maximum atomic E-state index is 11.8. The van der Waals surface area contributed by atoms with E-state index in [0.717, 1.165) is 30.4 Å². The summed E-state index contributed by atoms with van der Waals surface area (Å²) >= 11 is 0. The van der Waals surface area contributed by atoms with Crippen LogP contribution in [0.25, 0.3) is 0 Å². The van der Waals surface area contributed by atoms with Gasteiger partial charge in [0.25, 0.3) is 0 Å². The molecule has 0 saturated carbocycles. The number of nitrogens with two attached hydrogens (primary N) is 1. The molecule has 0 heterocycles. The lowest BCUT2D eigenvalue weighted by Crippen LogP contribution is -2.64. The number of carbonyl (C=O) groups excluding carboxylic acids is 1. The van der Waals surface area contributed by atoms with Crippen LogP contribution in [0.1, 0.15) is 57.6 Å². The molecule has 0 aliphatic rings. The third kappa shape index (κ3) is 7.58. The summed E-state index contributed by atoms with van der Waals surface area (Å²) in [5.74, 6) is -0.253. The molecule has 3 N–H and O–H groups in total. The number of halogens is 1. The zero-order valence-electron chi connectivity index (χ0n) is 21.3. The average molecular weight is 566 g/mol. The predicted octanol–water partition coefficient (Wildman–Crippen LogP) is 5.78. The van der Waals surface area contributed by atoms with E-state index >= 15 is 0 Å². The SMILES string of the molecule is Br.C=CC(=O)Nc1ccc(C(CCN)(c2ccccc2)[Si](OCCC)(OCCC)OCCC)cc1. The molecule has 2 aromatic carbocycles. The van der Waals surface area contributed by atoms with Crippen LogP contribution in [0.3, 0.4) is 0 Å². The molecule has 0 spiro atoms. The Kier molecular flexibility index (Phi) is 14.3. The summed E-state index contributed by atoms with van der Waals surface area (Å²) in [5.41, 5.74) is 9.01. The van der Waals surface area contributed by atoms with Crippen molar-refractivity contribution in [3.05, 3.63) is 78.4 Å². The van der Waals surface area contributed by atoms with Gasteiger partial charge in [-0.15, -0.1) is 17.0 Å². The predicted molar refractivity (Wildman–Crippen MR) is 151 cm³/mol. The van der Waals surface area contributed by atoms with Gasteiger partial charge in [0.2, 0.25) is 5.91 Å². The van der Waals surface area contributed by atoms with E-state index in [4.69, 9.17) is 19.0 Å². The van der Waals surface area contributed by atoms with Crippen molar-refractivity contribution in [2.75, 3.05) is 31.7 Å². The van der Waals surface area contributed by atoms with Gasteiger partial charge in [0.1, 0.15) is 0 Å². The fourth-order valence-corrected chi connectivity index (χ4v) is 8.04. The minimum absolute atomic E-state index is 0. The molecule has 0 fully saturated rings. The number of benzene rings is 2. The Balaban J connectivity index is 0.00000612. The Labute approximate surface area is 222 Å². The van der Waals surface area contributed by atoms with Crippen molar-refractivity contribution in [1.29, 1.82) is 0 Å². The van der Waals surface area contributed by atoms with E-state index in [1.807, 2.05) is 42.5 Å². The molecule has 6 nitrogen and oxygen atoms in total. The summed E-state index contributed by atoms with van der Waals surface area (Å²) in [6, 6.07) is 18.1. The number of hydrogen-bond donors (Lipinski definition) is 2. The van der Waals surface area contributed by atoms with Crippen LogP contribution < -0.4 is 11.1 Å². The van der Waals surface area contributed by atoms with E-state index < -0.39 is 13.8 Å². The zero-order chi connectivity index (χ0) is 24.9. The molecule has 0 bridgehead atoms. The molecule has 8 heteroatoms. The van der Waals surface area contributed by atoms with E-state index in [0.29, 0.717) is 38.5 Å². The highest BCUT2D eigenvalue weighted by atomic mass is 79.9. The van der Waals surface area contributed by atoms with E-state index in [-0.39, 0.29) is 22.9 Å². The Morgan fingerprint density at radius 3 is 1.83 bits per heavy atom. The van der Waals surface area contributed by atoms with E-state index in [2.05, 4.69) is 44.8 Å². The number of amides is 1. The van der Waals surface area contributed by atoms with E-state index in [1.54, 1.807) is 0 Å². The lowest BCUT2D eigenvalue weighted by Gasteiger charge is -2.46. The second kappa shape index (κ2) is 16.0. The highest BCUT2D eigenvalue weighted by molar-refractivity contribution is 8.93. The summed E-state index contributed by atoms with van der Waals surface area (Å²) < 4.78 is 20.0. The Hall–Kier alpha value is -1.81. The molecule has 1 unspecified atom stereocenters. The standard InChI is InChI=1S/C27H40N2O4Si.BrH/c1-5-20-31-34(32-21-6-2,33-22-7-3)27(18-19-28,23-12-10-9-11-13-23)24-14-16-25(17-15-24)29-26(30)8-4;/h8-17H,4-7,18-22,28H2,1-3H3,(H,29,30);1H. The number of carbonyl (C=O) groups is 1. The van der Waals surface area contributed by atoms with Crippen LogP contribution in [0.2, 0.25) is 0 Å². The minimum Gasteiger partial charge on any atom is -0.373 e. The molecule has 2 rings (SSSR count). The van der Waals surface area contributed by atoms with Crippen LogP contribution in [0.15, 0.2) is 67.3 Å². The first-order chi connectivity index (χ1) is 16.5. The van der Waals surface area contributed by atoms with Crippen LogP contribution in [0.4, 0.5) is 5.69 Å². The molecular weight excluding hydrogens is 524 g/mol. The first kappa shape index (κ1) is 31.2. The molecule has 0 aliphatic carbocycles. The second-order valence-electron chi connectivity index (χ2n) is 8.18. The minimum atomic E-state index is -3.38. The highest BCUT2D eigenvalue weighted by Crippen LogP contribution is 2.45. The summed E-state index contributed by atoms with van der Waals surface area (Å²) in [4.78, 5) is 11.8. The molecule has 35 heavy (non-hydrogen) atoms. The smallest absolute Gasteiger partial charge is 0.373 e. The second-order valence-corrected chi connectivity index (χ2v) is 11.0. The van der Waals surface area contributed by atoms with Gasteiger partial charge in [-0.2, -0.15) is 0 Å². The zero-order valence-corrected chi connectivity index (χ0v) is 24.0. The Morgan fingerprint density at radius 1 is 0.914 bits per heavy atom. The first-order valence-electron chi connectivity index (χ1n) is 12.2. The van der Waals surface area contributed by atoms with Gasteiger partial charge in [-0.1, -0.05) is 69.8 Å². The summed E-state index contributed by atoms with van der Waals surface area (Å²) in [7, 11) is -3.38. The number of rotatable bonds is 16. The third-order valence-corrected chi connectivity index (χ3v) is 9.25. The van der Waals surface area contributed by atoms with Gasteiger partial charge in [0, 0.05) is 25.5 Å². The third-order valence-electron chi connectivity index (χ3n) is 5.63. The lowest BCUT2D eigenvalue weighted by atomic mass is 9.87. The van der Waals surface area contributed by atoms with Crippen molar-refractivity contribution in [2.45, 2.75) is 51.5 Å². The quantitative estimate of drug-likeness (QED) is 0.199. The number of nitrogens with one attached hydrogen (secondary N) is 1. The van der Waals surface area contributed by atoms with Gasteiger partial charge >= 0.3 is 8.80 Å². The number of hydrogen-bond acceptors (Lipinski definition) is 5. The summed E-state index contributed by atoms with van der Waals surface area (Å²) in [6.45, 7) is 11.8. The van der Waals surface area contributed by atoms with Crippen LogP contribution in [-0.2, 0) is 23.1 Å². The van der Waals surface area contributed by atoms with Crippen molar-refractivity contribution in [3.8, 4) is 0 Å². The van der Waals surface area contributed by atoms with E-state index in [9.17, 15) is 4.79 Å². The Morgan fingerprint density at radius 2 is 1.40 bits per heavy atom. The molecule has 2 aromatic rings. The number of anilines is 1. The van der Waals surface area contributed by atoms with Crippen molar-refractivity contribution < 1.29 is 18.1 Å². The summed E-state index contributed by atoms with van der Waals surface area (Å²) in [6.07, 6.45) is 4.39. The molecule has 0 radical (unpaired) electrons. The van der Waals surface area contributed by atoms with Crippen LogP contribution in [0.5, 0.6) is 0 Å². The Bertz CT molecular complexity index is 861. The molecule has 0 aliphatic heterocycles. The fraction of sp³-hybridized carbons (Fsp3) is 0.444. The molecule has 1 atom stereocenters. The molecule has 0 aromatic heterocycles. The van der Waals surface area contributed by atoms with Crippen LogP contribution >= 0.6 is 17.0 Å². The normalized spacial score (nSPS) is 12.9. The largest absolute Gasteiger partial charge is 0.516 e. The van der Waals surface area contributed by atoms with Crippen molar-refractivity contribution >= 4 is 37.4 Å². The average Bonchev–Trinajstić information content (AvgIpc) is 2.88. The van der Waals surface area contributed by atoms with Gasteiger partial charge in [-0.05, 0) is 61.6 Å². The molecule has 0 saturated heterocycles. The molecule has 194 valence electrons. The van der Waals surface area contributed by atoms with Crippen LogP contribution in [0, 0.1) is 0 Å².